The summed E-state index contributed by atoms with van der Waals surface area (Å²) in [4.78, 5) is 0. The fraction of sp³-hybridized carbons (Fsp3) is 0.556. The highest BCUT2D eigenvalue weighted by atomic mass is 16.5. The molecule has 118 valence electrons. The van der Waals surface area contributed by atoms with E-state index in [1.807, 2.05) is 19.1 Å². The van der Waals surface area contributed by atoms with E-state index in [4.69, 9.17) is 9.47 Å². The monoisotopic (exact) mass is 291 g/mol. The summed E-state index contributed by atoms with van der Waals surface area (Å²) in [6.45, 7) is 11.1. The predicted molar refractivity (Wildman–Crippen MR) is 89.2 cm³/mol. The van der Waals surface area contributed by atoms with Crippen LogP contribution in [0.2, 0.25) is 0 Å². The molecule has 0 spiro atoms. The Kier molecular flexibility index (Phi) is 9.38. The van der Waals surface area contributed by atoms with Gasteiger partial charge >= 0.3 is 0 Å². The maximum atomic E-state index is 5.86. The van der Waals surface area contributed by atoms with Crippen LogP contribution in [0.15, 0.2) is 30.9 Å². The van der Waals surface area contributed by atoms with Gasteiger partial charge in [-0.3, -0.25) is 0 Å². The molecule has 0 amide bonds. The number of allylic oxidation sites excluding steroid dienone is 1. The third-order valence-electron chi connectivity index (χ3n) is 3.20. The first-order valence-electron chi connectivity index (χ1n) is 8.02. The Morgan fingerprint density at radius 1 is 1.10 bits per heavy atom. The number of hydrogen-bond acceptors (Lipinski definition) is 3. The smallest absolute Gasteiger partial charge is 0.161 e. The highest BCUT2D eigenvalue weighted by Crippen LogP contribution is 2.28. The van der Waals surface area contributed by atoms with Crippen molar-refractivity contribution < 1.29 is 9.47 Å². The molecule has 0 aliphatic carbocycles. The van der Waals surface area contributed by atoms with Crippen molar-refractivity contribution in [2.45, 2.75) is 46.1 Å². The normalized spacial score (nSPS) is 10.4. The Morgan fingerprint density at radius 2 is 1.95 bits per heavy atom. The van der Waals surface area contributed by atoms with Crippen molar-refractivity contribution in [1.82, 2.24) is 5.32 Å². The van der Waals surface area contributed by atoms with Gasteiger partial charge in [-0.1, -0.05) is 19.1 Å². The molecular weight excluding hydrogens is 262 g/mol. The molecule has 0 saturated carbocycles. The average molecular weight is 291 g/mol. The molecule has 0 aliphatic rings. The topological polar surface area (TPSA) is 30.5 Å². The fourth-order valence-corrected chi connectivity index (χ4v) is 2.07. The molecule has 0 unspecified atom stereocenters. The first-order valence-corrected chi connectivity index (χ1v) is 8.02. The van der Waals surface area contributed by atoms with Crippen molar-refractivity contribution in [2.75, 3.05) is 19.8 Å². The van der Waals surface area contributed by atoms with Crippen LogP contribution in [0, 0.1) is 0 Å². The molecular formula is C18H29NO2. The Morgan fingerprint density at radius 3 is 2.67 bits per heavy atom. The minimum atomic E-state index is 0.653. The average Bonchev–Trinajstić information content (AvgIpc) is 2.50. The number of ether oxygens (including phenoxy) is 2. The molecule has 1 aromatic rings. The van der Waals surface area contributed by atoms with Crippen molar-refractivity contribution >= 4 is 0 Å². The molecule has 0 heterocycles. The Labute approximate surface area is 129 Å². The lowest BCUT2D eigenvalue weighted by Gasteiger charge is -2.13. The van der Waals surface area contributed by atoms with Gasteiger partial charge in [0.05, 0.1) is 13.2 Å². The van der Waals surface area contributed by atoms with Crippen LogP contribution >= 0.6 is 0 Å². The van der Waals surface area contributed by atoms with Gasteiger partial charge in [0, 0.05) is 6.54 Å². The summed E-state index contributed by atoms with van der Waals surface area (Å²) in [5.41, 5.74) is 1.22. The van der Waals surface area contributed by atoms with E-state index in [1.54, 1.807) is 0 Å². The summed E-state index contributed by atoms with van der Waals surface area (Å²) in [5.74, 6) is 1.69. The van der Waals surface area contributed by atoms with Crippen molar-refractivity contribution in [1.29, 1.82) is 0 Å². The number of rotatable bonds is 12. The van der Waals surface area contributed by atoms with Gasteiger partial charge < -0.3 is 14.8 Å². The van der Waals surface area contributed by atoms with E-state index in [0.29, 0.717) is 6.61 Å². The van der Waals surface area contributed by atoms with E-state index in [9.17, 15) is 0 Å². The molecule has 1 N–H and O–H groups in total. The predicted octanol–water partition coefficient (Wildman–Crippen LogP) is 4.32. The number of benzene rings is 1. The molecule has 0 aromatic heterocycles. The lowest BCUT2D eigenvalue weighted by atomic mass is 10.2. The zero-order chi connectivity index (χ0) is 15.3. The van der Waals surface area contributed by atoms with Gasteiger partial charge in [0.15, 0.2) is 11.5 Å². The van der Waals surface area contributed by atoms with Crippen molar-refractivity contribution in [3.8, 4) is 11.5 Å². The zero-order valence-electron chi connectivity index (χ0n) is 13.5. The van der Waals surface area contributed by atoms with Gasteiger partial charge in [-0.05, 0) is 56.8 Å². The maximum Gasteiger partial charge on any atom is 0.161 e. The summed E-state index contributed by atoms with van der Waals surface area (Å²) in [5, 5.41) is 3.32. The molecule has 21 heavy (non-hydrogen) atoms. The minimum Gasteiger partial charge on any atom is -0.490 e. The molecule has 1 aromatic carbocycles. The molecule has 0 radical (unpaired) electrons. The summed E-state index contributed by atoms with van der Waals surface area (Å²) in [6.07, 6.45) is 6.49. The van der Waals surface area contributed by atoms with E-state index in [1.165, 1.54) is 18.4 Å². The third-order valence-corrected chi connectivity index (χ3v) is 3.20. The second-order valence-corrected chi connectivity index (χ2v) is 4.98. The van der Waals surface area contributed by atoms with Gasteiger partial charge in [0.1, 0.15) is 0 Å². The molecule has 0 aliphatic heterocycles. The summed E-state index contributed by atoms with van der Waals surface area (Å²) < 4.78 is 11.5. The Hall–Kier alpha value is -1.48. The lowest BCUT2D eigenvalue weighted by Crippen LogP contribution is -2.12. The van der Waals surface area contributed by atoms with Crippen molar-refractivity contribution in [2.24, 2.45) is 0 Å². The highest BCUT2D eigenvalue weighted by Gasteiger charge is 2.06. The molecule has 1 rings (SSSR count). The number of nitrogens with one attached hydrogen (secondary N) is 1. The van der Waals surface area contributed by atoms with Gasteiger partial charge in [-0.25, -0.2) is 0 Å². The first kappa shape index (κ1) is 17.6. The number of unbranched alkanes of at least 4 members (excludes halogenated alkanes) is 3. The van der Waals surface area contributed by atoms with Gasteiger partial charge in [0.2, 0.25) is 0 Å². The van der Waals surface area contributed by atoms with Crippen LogP contribution in [-0.4, -0.2) is 19.8 Å². The Balaban J connectivity index is 2.49. The van der Waals surface area contributed by atoms with E-state index in [0.717, 1.165) is 44.0 Å². The van der Waals surface area contributed by atoms with E-state index in [2.05, 4.69) is 31.0 Å². The minimum absolute atomic E-state index is 0.653. The second kappa shape index (κ2) is 11.2. The Bertz CT molecular complexity index is 404. The standard InChI is InChI=1S/C18H29NO2/c1-4-7-8-9-10-13-21-17-12-11-16(15-19-5-2)14-18(17)20-6-3/h4,11-12,14,19H,1,5-10,13,15H2,2-3H3. The number of hydrogen-bond donors (Lipinski definition) is 1. The maximum absolute atomic E-state index is 5.86. The zero-order valence-corrected chi connectivity index (χ0v) is 13.5. The van der Waals surface area contributed by atoms with Gasteiger partial charge in [-0.15, -0.1) is 6.58 Å². The van der Waals surface area contributed by atoms with Crippen LogP contribution < -0.4 is 14.8 Å². The van der Waals surface area contributed by atoms with E-state index in [-0.39, 0.29) is 0 Å². The van der Waals surface area contributed by atoms with Crippen molar-refractivity contribution in [3.05, 3.63) is 36.4 Å². The van der Waals surface area contributed by atoms with Crippen LogP contribution in [0.1, 0.15) is 45.1 Å². The second-order valence-electron chi connectivity index (χ2n) is 4.98. The molecule has 0 bridgehead atoms. The summed E-state index contributed by atoms with van der Waals surface area (Å²) >= 11 is 0. The summed E-state index contributed by atoms with van der Waals surface area (Å²) in [6, 6.07) is 6.18. The fourth-order valence-electron chi connectivity index (χ4n) is 2.07. The molecule has 0 atom stereocenters. The van der Waals surface area contributed by atoms with Crippen LogP contribution in [0.5, 0.6) is 11.5 Å². The van der Waals surface area contributed by atoms with E-state index < -0.39 is 0 Å². The van der Waals surface area contributed by atoms with Crippen LogP contribution in [0.4, 0.5) is 0 Å². The van der Waals surface area contributed by atoms with Crippen LogP contribution in [-0.2, 0) is 6.54 Å². The van der Waals surface area contributed by atoms with Crippen LogP contribution in [0.25, 0.3) is 0 Å². The molecule has 0 saturated heterocycles. The van der Waals surface area contributed by atoms with Gasteiger partial charge in [0.25, 0.3) is 0 Å². The first-order chi connectivity index (χ1) is 10.3. The highest BCUT2D eigenvalue weighted by molar-refractivity contribution is 5.43. The third kappa shape index (κ3) is 7.19. The van der Waals surface area contributed by atoms with Crippen molar-refractivity contribution in [3.63, 3.8) is 0 Å². The SMILES string of the molecule is C=CCCCCCOc1ccc(CNCC)cc1OCC. The molecule has 3 nitrogen and oxygen atoms in total. The largest absolute Gasteiger partial charge is 0.490 e. The molecule has 0 fully saturated rings. The van der Waals surface area contributed by atoms with Gasteiger partial charge in [-0.2, -0.15) is 0 Å². The van der Waals surface area contributed by atoms with Crippen LogP contribution in [0.3, 0.4) is 0 Å². The molecule has 3 heteroatoms. The quantitative estimate of drug-likeness (QED) is 0.459. The lowest BCUT2D eigenvalue weighted by molar-refractivity contribution is 0.270. The van der Waals surface area contributed by atoms with E-state index >= 15 is 0 Å². The summed E-state index contributed by atoms with van der Waals surface area (Å²) in [7, 11) is 0.